The Balaban J connectivity index is 2.02. The molecule has 0 fully saturated rings. The van der Waals surface area contributed by atoms with E-state index in [4.69, 9.17) is 16.3 Å². The third-order valence-electron chi connectivity index (χ3n) is 2.43. The minimum absolute atomic E-state index is 0.104. The summed E-state index contributed by atoms with van der Waals surface area (Å²) in [5.41, 5.74) is 0. The quantitative estimate of drug-likeness (QED) is 0.534. The minimum atomic E-state index is -0.110. The summed E-state index contributed by atoms with van der Waals surface area (Å²) in [6.07, 6.45) is 0.574. The van der Waals surface area contributed by atoms with Gasteiger partial charge in [0.2, 0.25) is 11.8 Å². The molecule has 1 aromatic carbocycles. The van der Waals surface area contributed by atoms with E-state index in [-0.39, 0.29) is 18.2 Å². The van der Waals surface area contributed by atoms with E-state index in [1.807, 2.05) is 30.3 Å². The van der Waals surface area contributed by atoms with E-state index >= 15 is 0 Å². The normalized spacial score (nSPS) is 9.85. The summed E-state index contributed by atoms with van der Waals surface area (Å²) in [5, 5.41) is 5.35. The van der Waals surface area contributed by atoms with Crippen molar-refractivity contribution in [1.82, 2.24) is 10.6 Å². The first-order valence-electron chi connectivity index (χ1n) is 6.49. The van der Waals surface area contributed by atoms with Crippen LogP contribution in [0.25, 0.3) is 0 Å². The monoisotopic (exact) mass is 298 g/mol. The molecule has 0 unspecified atom stereocenters. The smallest absolute Gasteiger partial charge is 0.223 e. The number of rotatable bonds is 9. The summed E-state index contributed by atoms with van der Waals surface area (Å²) in [4.78, 5) is 22.6. The van der Waals surface area contributed by atoms with Gasteiger partial charge in [-0.3, -0.25) is 9.59 Å². The number of hydrogen-bond donors (Lipinski definition) is 2. The second-order valence-electron chi connectivity index (χ2n) is 4.05. The third kappa shape index (κ3) is 7.63. The number of carbonyl (C=O) groups is 2. The largest absolute Gasteiger partial charge is 0.493 e. The van der Waals surface area contributed by atoms with Crippen LogP contribution in [0.4, 0.5) is 0 Å². The summed E-state index contributed by atoms with van der Waals surface area (Å²) in [5.74, 6) is 0.831. The van der Waals surface area contributed by atoms with Crippen molar-refractivity contribution in [3.8, 4) is 5.75 Å². The summed E-state index contributed by atoms with van der Waals surface area (Å²) in [6, 6.07) is 9.32. The molecule has 5 nitrogen and oxygen atoms in total. The number of carbonyl (C=O) groups excluding carboxylic acids is 2. The van der Waals surface area contributed by atoms with Gasteiger partial charge in [0, 0.05) is 25.4 Å². The zero-order valence-corrected chi connectivity index (χ0v) is 12.0. The van der Waals surface area contributed by atoms with Crippen LogP contribution in [0.2, 0.25) is 0 Å². The predicted molar refractivity (Wildman–Crippen MR) is 77.9 cm³/mol. The highest BCUT2D eigenvalue weighted by molar-refractivity contribution is 6.18. The lowest BCUT2D eigenvalue weighted by molar-refractivity contribution is -0.123. The Labute approximate surface area is 123 Å². The fourth-order valence-electron chi connectivity index (χ4n) is 1.44. The SMILES string of the molecule is O=C(CCCl)NCCNC(=O)CCOc1ccccc1. The Morgan fingerprint density at radius 3 is 2.20 bits per heavy atom. The van der Waals surface area contributed by atoms with Crippen LogP contribution in [0.5, 0.6) is 5.75 Å². The zero-order valence-electron chi connectivity index (χ0n) is 11.2. The molecule has 0 spiro atoms. The summed E-state index contributed by atoms with van der Waals surface area (Å²) >= 11 is 5.42. The average molecular weight is 299 g/mol. The molecule has 0 saturated heterocycles. The van der Waals surface area contributed by atoms with Crippen molar-refractivity contribution in [2.45, 2.75) is 12.8 Å². The molecule has 2 N–H and O–H groups in total. The molecule has 2 amide bonds. The van der Waals surface area contributed by atoms with Crippen molar-refractivity contribution in [2.24, 2.45) is 0 Å². The van der Waals surface area contributed by atoms with Gasteiger partial charge >= 0.3 is 0 Å². The first-order chi connectivity index (χ1) is 9.72. The molecule has 110 valence electrons. The molecule has 0 aliphatic carbocycles. The fourth-order valence-corrected chi connectivity index (χ4v) is 1.62. The summed E-state index contributed by atoms with van der Waals surface area (Å²) < 4.78 is 5.41. The van der Waals surface area contributed by atoms with Gasteiger partial charge in [-0.25, -0.2) is 0 Å². The van der Waals surface area contributed by atoms with Crippen LogP contribution in [0, 0.1) is 0 Å². The first kappa shape index (κ1) is 16.3. The van der Waals surface area contributed by atoms with E-state index in [2.05, 4.69) is 10.6 Å². The number of halogens is 1. The molecule has 0 aliphatic rings. The number of alkyl halides is 1. The summed E-state index contributed by atoms with van der Waals surface area (Å²) in [7, 11) is 0. The third-order valence-corrected chi connectivity index (χ3v) is 2.62. The first-order valence-corrected chi connectivity index (χ1v) is 7.03. The van der Waals surface area contributed by atoms with Crippen LogP contribution in [-0.2, 0) is 9.59 Å². The van der Waals surface area contributed by atoms with Gasteiger partial charge in [0.1, 0.15) is 5.75 Å². The molecule has 0 saturated carbocycles. The van der Waals surface area contributed by atoms with E-state index in [9.17, 15) is 9.59 Å². The van der Waals surface area contributed by atoms with Crippen LogP contribution in [-0.4, -0.2) is 37.4 Å². The van der Waals surface area contributed by atoms with Crippen LogP contribution in [0.3, 0.4) is 0 Å². The minimum Gasteiger partial charge on any atom is -0.493 e. The van der Waals surface area contributed by atoms with E-state index in [0.717, 1.165) is 5.75 Å². The molecule has 0 aliphatic heterocycles. The summed E-state index contributed by atoms with van der Waals surface area (Å²) in [6.45, 7) is 1.13. The highest BCUT2D eigenvalue weighted by atomic mass is 35.5. The standard InChI is InChI=1S/C14H19ClN2O3/c15-8-6-13(18)16-9-10-17-14(19)7-11-20-12-4-2-1-3-5-12/h1-5H,6-11H2,(H,16,18)(H,17,19). The fraction of sp³-hybridized carbons (Fsp3) is 0.429. The maximum atomic E-state index is 11.5. The molecule has 0 heterocycles. The van der Waals surface area contributed by atoms with E-state index in [1.165, 1.54) is 0 Å². The topological polar surface area (TPSA) is 67.4 Å². The van der Waals surface area contributed by atoms with Gasteiger partial charge in [-0.05, 0) is 12.1 Å². The predicted octanol–water partition coefficient (Wildman–Crippen LogP) is 1.32. The number of amides is 2. The van der Waals surface area contributed by atoms with Crippen molar-refractivity contribution in [2.75, 3.05) is 25.6 Å². The van der Waals surface area contributed by atoms with Crippen molar-refractivity contribution in [1.29, 1.82) is 0 Å². The average Bonchev–Trinajstić information content (AvgIpc) is 2.45. The van der Waals surface area contributed by atoms with Crippen molar-refractivity contribution in [3.63, 3.8) is 0 Å². The van der Waals surface area contributed by atoms with Gasteiger partial charge in [-0.1, -0.05) is 18.2 Å². The van der Waals surface area contributed by atoms with Crippen molar-refractivity contribution in [3.05, 3.63) is 30.3 Å². The molecule has 6 heteroatoms. The van der Waals surface area contributed by atoms with Gasteiger partial charge in [0.05, 0.1) is 13.0 Å². The number of hydrogen-bond acceptors (Lipinski definition) is 3. The van der Waals surface area contributed by atoms with Gasteiger partial charge < -0.3 is 15.4 Å². The lowest BCUT2D eigenvalue weighted by atomic mass is 10.3. The number of nitrogens with one attached hydrogen (secondary N) is 2. The lowest BCUT2D eigenvalue weighted by Gasteiger charge is -2.08. The highest BCUT2D eigenvalue weighted by Gasteiger charge is 2.02. The zero-order chi connectivity index (χ0) is 14.6. The Morgan fingerprint density at radius 2 is 1.60 bits per heavy atom. The maximum absolute atomic E-state index is 11.5. The number of ether oxygens (including phenoxy) is 1. The number of para-hydroxylation sites is 1. The Kier molecular flexibility index (Phi) is 8.22. The molecule has 0 aromatic heterocycles. The maximum Gasteiger partial charge on any atom is 0.223 e. The highest BCUT2D eigenvalue weighted by Crippen LogP contribution is 2.08. The van der Waals surface area contributed by atoms with Gasteiger partial charge in [-0.2, -0.15) is 0 Å². The van der Waals surface area contributed by atoms with Crippen molar-refractivity contribution >= 4 is 23.4 Å². The van der Waals surface area contributed by atoms with E-state index in [1.54, 1.807) is 0 Å². The Hall–Kier alpha value is -1.75. The van der Waals surface area contributed by atoms with Gasteiger partial charge in [-0.15, -0.1) is 11.6 Å². The molecule has 1 aromatic rings. The second kappa shape index (κ2) is 10.1. The molecule has 0 bridgehead atoms. The Morgan fingerprint density at radius 1 is 1.00 bits per heavy atom. The van der Waals surface area contributed by atoms with E-state index in [0.29, 0.717) is 32.0 Å². The second-order valence-corrected chi connectivity index (χ2v) is 4.43. The Bertz CT molecular complexity index is 412. The van der Waals surface area contributed by atoms with Crippen LogP contribution in [0.15, 0.2) is 30.3 Å². The molecular formula is C14H19ClN2O3. The van der Waals surface area contributed by atoms with E-state index < -0.39 is 0 Å². The molecular weight excluding hydrogens is 280 g/mol. The molecule has 1 rings (SSSR count). The molecule has 0 atom stereocenters. The van der Waals surface area contributed by atoms with Gasteiger partial charge in [0.15, 0.2) is 0 Å². The lowest BCUT2D eigenvalue weighted by Crippen LogP contribution is -2.35. The molecule has 0 radical (unpaired) electrons. The number of benzene rings is 1. The van der Waals surface area contributed by atoms with Crippen LogP contribution >= 0.6 is 11.6 Å². The van der Waals surface area contributed by atoms with Gasteiger partial charge in [0.25, 0.3) is 0 Å². The van der Waals surface area contributed by atoms with Crippen LogP contribution in [0.1, 0.15) is 12.8 Å². The van der Waals surface area contributed by atoms with Crippen molar-refractivity contribution < 1.29 is 14.3 Å². The molecule has 20 heavy (non-hydrogen) atoms. The van der Waals surface area contributed by atoms with Crippen LogP contribution < -0.4 is 15.4 Å².